The number of nitrogens with two attached hydrogens (primary N) is 4. The van der Waals surface area contributed by atoms with E-state index < -0.39 is 210 Å². The summed E-state index contributed by atoms with van der Waals surface area (Å²) >= 11 is 0. The van der Waals surface area contributed by atoms with Gasteiger partial charge in [-0.25, -0.2) is 42.2 Å². The Labute approximate surface area is 519 Å². The summed E-state index contributed by atoms with van der Waals surface area (Å²) in [6.07, 6.45) is -18.1. The van der Waals surface area contributed by atoms with Gasteiger partial charge in [0.1, 0.15) is 109 Å². The third kappa shape index (κ3) is 17.0. The predicted molar refractivity (Wildman–Crippen MR) is 306 cm³/mol. The molecule has 0 saturated carbocycles. The van der Waals surface area contributed by atoms with E-state index in [-0.39, 0.29) is 41.7 Å². The maximum Gasteiger partial charge on any atom is 0.472 e. The number of aliphatic hydroxyl groups is 2. The minimum atomic E-state index is -5.52. The number of hydrogen-bond acceptors (Lipinski definition) is 33. The van der Waals surface area contributed by atoms with Crippen LogP contribution in [0.2, 0.25) is 0 Å². The molecule has 43 nitrogen and oxygen atoms in total. The van der Waals surface area contributed by atoms with Gasteiger partial charge in [0.05, 0.1) is 39.1 Å². The molecule has 0 aromatic carbocycles. The molecular formula is C46H62N14O29P4. The first kappa shape index (κ1) is 69.4. The Morgan fingerprint density at radius 2 is 0.753 bits per heavy atom. The highest BCUT2D eigenvalue weighted by molar-refractivity contribution is 7.48. The zero-order valence-corrected chi connectivity index (χ0v) is 51.7. The molecule has 5 aromatic rings. The number of ether oxygens (including phenoxy) is 5. The Hall–Kier alpha value is -6.44. The summed E-state index contributed by atoms with van der Waals surface area (Å²) in [5.41, 5.74) is 17.0. The molecule has 5 aliphatic heterocycles. The van der Waals surface area contributed by atoms with E-state index in [1.54, 1.807) is 0 Å². The van der Waals surface area contributed by atoms with Crippen LogP contribution in [0.1, 0.15) is 68.8 Å². The molecule has 0 bridgehead atoms. The summed E-state index contributed by atoms with van der Waals surface area (Å²) in [5.74, 6) is -0.575. The fourth-order valence-corrected chi connectivity index (χ4v) is 14.3. The first-order valence-corrected chi connectivity index (χ1v) is 33.7. The van der Waals surface area contributed by atoms with Gasteiger partial charge in [-0.3, -0.25) is 68.8 Å². The van der Waals surface area contributed by atoms with E-state index in [4.69, 9.17) is 82.8 Å². The molecule has 5 aromatic heterocycles. The monoisotopic (exact) mass is 1400 g/mol. The average Bonchev–Trinajstić information content (AvgIpc) is 1.71. The lowest BCUT2D eigenvalue weighted by molar-refractivity contribution is -0.0651. The van der Waals surface area contributed by atoms with Crippen LogP contribution in [0.4, 0.5) is 23.3 Å². The van der Waals surface area contributed by atoms with Gasteiger partial charge in [0.15, 0.2) is 0 Å². The third-order valence-corrected chi connectivity index (χ3v) is 18.9. The summed E-state index contributed by atoms with van der Waals surface area (Å²) in [6.45, 7) is -3.37. The summed E-state index contributed by atoms with van der Waals surface area (Å²) in [5, 5.41) is 20.7. The summed E-state index contributed by atoms with van der Waals surface area (Å²) in [6, 6.07) is 5.01. The van der Waals surface area contributed by atoms with Crippen LogP contribution in [0, 0.1) is 6.92 Å². The number of aliphatic hydroxyl groups excluding tert-OH is 2. The van der Waals surface area contributed by atoms with Crippen molar-refractivity contribution in [3.63, 3.8) is 0 Å². The van der Waals surface area contributed by atoms with Crippen LogP contribution in [0.15, 0.2) is 84.0 Å². The van der Waals surface area contributed by atoms with Gasteiger partial charge >= 0.3 is 59.7 Å². The normalized spacial score (nSPS) is 30.6. The first-order chi connectivity index (χ1) is 43.8. The largest absolute Gasteiger partial charge is 0.472 e. The number of aromatic amines is 1. The maximum absolute atomic E-state index is 14.0. The number of H-pyrrole nitrogens is 1. The van der Waals surface area contributed by atoms with Crippen LogP contribution in [-0.2, 0) is 78.1 Å². The molecule has 10 heterocycles. The Morgan fingerprint density at radius 3 is 1.08 bits per heavy atom. The number of rotatable bonds is 26. The van der Waals surface area contributed by atoms with Gasteiger partial charge in [-0.2, -0.15) is 19.9 Å². The molecule has 15 N–H and O–H groups in total. The summed E-state index contributed by atoms with van der Waals surface area (Å²) in [7, 11) is -21.5. The number of phosphoric ester groups is 4. The fourth-order valence-electron chi connectivity index (χ4n) is 10.4. The number of aryl methyl sites for hydroxylation is 1. The van der Waals surface area contributed by atoms with Crippen LogP contribution in [0.3, 0.4) is 0 Å². The lowest BCUT2D eigenvalue weighted by Crippen LogP contribution is -2.33. The molecule has 10 rings (SSSR count). The minimum absolute atomic E-state index is 0.0121. The van der Waals surface area contributed by atoms with Crippen molar-refractivity contribution < 1.29 is 108 Å². The van der Waals surface area contributed by atoms with Crippen molar-refractivity contribution in [3.05, 3.63) is 124 Å². The molecule has 5 aliphatic rings. The number of nitrogens with zero attached hydrogens (tertiary/aromatic N) is 9. The lowest BCUT2D eigenvalue weighted by Gasteiger charge is -2.25. The van der Waals surface area contributed by atoms with E-state index >= 15 is 0 Å². The molecule has 5 saturated heterocycles. The molecule has 510 valence electrons. The van der Waals surface area contributed by atoms with Gasteiger partial charge in [-0.15, -0.1) is 0 Å². The number of phosphoric acid groups is 4. The second-order valence-electron chi connectivity index (χ2n) is 21.4. The Balaban J connectivity index is 0.822. The van der Waals surface area contributed by atoms with Gasteiger partial charge in [-0.05, 0) is 31.2 Å². The summed E-state index contributed by atoms with van der Waals surface area (Å²) < 4.78 is 132. The van der Waals surface area contributed by atoms with Gasteiger partial charge in [0, 0.05) is 68.7 Å². The molecule has 0 aliphatic carbocycles. The van der Waals surface area contributed by atoms with Gasteiger partial charge in [0.2, 0.25) is 0 Å². The van der Waals surface area contributed by atoms with Crippen LogP contribution >= 0.6 is 31.3 Å². The van der Waals surface area contributed by atoms with Crippen LogP contribution in [0.5, 0.6) is 0 Å². The maximum atomic E-state index is 14.0. The van der Waals surface area contributed by atoms with E-state index in [9.17, 15) is 76.8 Å². The average molecular weight is 1400 g/mol. The molecule has 5 fully saturated rings. The molecule has 93 heavy (non-hydrogen) atoms. The van der Waals surface area contributed by atoms with Crippen molar-refractivity contribution >= 4 is 54.6 Å². The van der Waals surface area contributed by atoms with Crippen molar-refractivity contribution in [2.75, 3.05) is 56.0 Å². The van der Waals surface area contributed by atoms with E-state index in [2.05, 4.69) is 24.9 Å². The van der Waals surface area contributed by atoms with Gasteiger partial charge in [0.25, 0.3) is 5.56 Å². The minimum Gasteiger partial charge on any atom is -0.394 e. The highest BCUT2D eigenvalue weighted by atomic mass is 31.2. The van der Waals surface area contributed by atoms with Crippen LogP contribution in [0.25, 0.3) is 0 Å². The van der Waals surface area contributed by atoms with Crippen LogP contribution in [-0.4, -0.2) is 172 Å². The number of aromatic nitrogens is 10. The molecule has 0 amide bonds. The highest BCUT2D eigenvalue weighted by Gasteiger charge is 2.50. The standard InChI is InChI=1S/C46H62N14O29P4/c1-21-15-60(46(68)55-41(21)63)40-14-26(89-93(75,76)79-19-30-24(12-38(84-30)58-8-4-34(49)53-44(58)66)87-90(69,70)77-17-28-22(62)10-36(82-28)56-6-2-32(47)51-42(56)64)31(85-40)20-80-92(73,74)88-25-13-39(59-9-5-35(50)54-45(59)67)83-29(25)18-78-91(71,72)86-23-11-37(81-27(23)16-61)57-7-3-33(48)52-43(57)65/h2-9,15,22-31,36-40,61-62H,10-14,16-20H2,1H3,(H,69,70)(H,71,72)(H,73,74)(H,75,76)(H2,47,51,64)(H2,48,52,65)(H2,49,53,66)(H2,50,54,67)(H,55,63,68)/t22-,23-,24-,25-,26-,27+,28+,29+,30+,31+,36+,37+,38+,39+,40+/m0/s1. The van der Waals surface area contributed by atoms with Gasteiger partial charge < -0.3 is 76.4 Å². The summed E-state index contributed by atoms with van der Waals surface area (Å²) in [4.78, 5) is 137. The Morgan fingerprint density at radius 1 is 0.473 bits per heavy atom. The SMILES string of the molecule is Cc1cn([C@H]2C[C@H](OP(=O)(O)OC[C@H]3O[C@@H](n4ccc(N)nc4=O)C[C@@H]3OP(=O)(O)OC[C@H]3O[C@@H](n4ccc(N)nc4=O)C[C@@H]3O)[C@@H](COP(=O)(O)O[C@H]3C[C@H](n4ccc(N)nc4=O)O[C@@H]3COP(=O)(O)O[C@H]3C[C@H](n4ccc(N)nc4=O)O[C@@H]3CO)O2)c(=O)[nH]c1=O. The van der Waals surface area contributed by atoms with E-state index in [0.29, 0.717) is 0 Å². The lowest BCUT2D eigenvalue weighted by atomic mass is 10.2. The van der Waals surface area contributed by atoms with E-state index in [1.165, 1.54) is 43.6 Å². The molecular weight excluding hydrogens is 1340 g/mol. The molecule has 19 atom stereocenters. The second kappa shape index (κ2) is 28.1. The van der Waals surface area contributed by atoms with E-state index in [0.717, 1.165) is 41.4 Å². The topological polar surface area (TPSA) is 608 Å². The number of nitrogens with one attached hydrogen (secondary N) is 1. The number of nitrogen functional groups attached to an aromatic ring is 4. The predicted octanol–water partition coefficient (Wildman–Crippen LogP) is -3.00. The molecule has 47 heteroatoms. The van der Waals surface area contributed by atoms with Crippen molar-refractivity contribution in [2.45, 2.75) is 131 Å². The molecule has 0 radical (unpaired) electrons. The fraction of sp³-hybridized carbons (Fsp3) is 0.565. The van der Waals surface area contributed by atoms with Crippen LogP contribution < -0.4 is 56.9 Å². The Kier molecular flexibility index (Phi) is 21.0. The zero-order valence-electron chi connectivity index (χ0n) is 48.1. The first-order valence-electron chi connectivity index (χ1n) is 27.7. The quantitative estimate of drug-likeness (QED) is 0.0246. The van der Waals surface area contributed by atoms with E-state index in [1.807, 2.05) is 0 Å². The molecule has 0 spiro atoms. The smallest absolute Gasteiger partial charge is 0.394 e. The van der Waals surface area contributed by atoms with Crippen molar-refractivity contribution in [3.8, 4) is 0 Å². The second-order valence-corrected chi connectivity index (χ2v) is 27.0. The number of hydrogen-bond donors (Lipinski definition) is 11. The zero-order chi connectivity index (χ0) is 67.1. The van der Waals surface area contributed by atoms with Crippen molar-refractivity contribution in [1.29, 1.82) is 0 Å². The third-order valence-electron chi connectivity index (χ3n) is 14.9. The van der Waals surface area contributed by atoms with Gasteiger partial charge in [-0.1, -0.05) is 0 Å². The Bertz CT molecular complexity index is 4140. The molecule has 4 unspecified atom stereocenters. The highest BCUT2D eigenvalue weighted by Crippen LogP contribution is 2.55. The van der Waals surface area contributed by atoms with Crippen molar-refractivity contribution in [2.24, 2.45) is 0 Å². The number of anilines is 4. The van der Waals surface area contributed by atoms with Crippen molar-refractivity contribution in [1.82, 2.24) is 47.8 Å².